The Balaban J connectivity index is 2.66. The smallest absolute Gasteiger partial charge is 0.312 e. The molecule has 0 aliphatic carbocycles. The van der Waals surface area contributed by atoms with E-state index in [9.17, 15) is 4.79 Å². The monoisotopic (exact) mass is 228 g/mol. The summed E-state index contributed by atoms with van der Waals surface area (Å²) in [5, 5.41) is 0. The van der Waals surface area contributed by atoms with Gasteiger partial charge >= 0.3 is 5.97 Å². The molecule has 3 heteroatoms. The van der Waals surface area contributed by atoms with Crippen molar-refractivity contribution < 1.29 is 14.3 Å². The number of carbonyl (C=O) groups is 1. The lowest BCUT2D eigenvalue weighted by atomic mass is 9.87. The molecular formula is C13H24O3. The van der Waals surface area contributed by atoms with E-state index in [0.29, 0.717) is 13.2 Å². The predicted octanol–water partition coefficient (Wildman–Crippen LogP) is 2.93. The fourth-order valence-electron chi connectivity index (χ4n) is 1.75. The summed E-state index contributed by atoms with van der Waals surface area (Å²) in [5.74, 6) is -0.0706. The van der Waals surface area contributed by atoms with Gasteiger partial charge in [0.25, 0.3) is 0 Å². The zero-order valence-corrected chi connectivity index (χ0v) is 11.0. The molecule has 16 heavy (non-hydrogen) atoms. The molecule has 1 saturated heterocycles. The molecule has 1 fully saturated rings. The first-order chi connectivity index (χ1) is 7.46. The normalized spacial score (nSPS) is 20.5. The van der Waals surface area contributed by atoms with Crippen molar-refractivity contribution in [3.8, 4) is 0 Å². The van der Waals surface area contributed by atoms with Crippen LogP contribution in [0.4, 0.5) is 0 Å². The molecule has 0 saturated carbocycles. The van der Waals surface area contributed by atoms with E-state index in [4.69, 9.17) is 9.47 Å². The average Bonchev–Trinajstić information content (AvgIpc) is 2.30. The van der Waals surface area contributed by atoms with Crippen LogP contribution in [-0.2, 0) is 14.3 Å². The fraction of sp³-hybridized carbons (Fsp3) is 0.923. The first-order valence-corrected chi connectivity index (χ1v) is 6.27. The minimum absolute atomic E-state index is 0.0706. The summed E-state index contributed by atoms with van der Waals surface area (Å²) >= 11 is 0. The summed E-state index contributed by atoms with van der Waals surface area (Å²) in [5.41, 5.74) is -0.651. The van der Waals surface area contributed by atoms with E-state index in [2.05, 4.69) is 6.92 Å². The third-order valence-electron chi connectivity index (χ3n) is 3.79. The number of rotatable bonds is 4. The number of carbonyl (C=O) groups excluding carboxylic acids is 1. The molecule has 0 aromatic heterocycles. The minimum atomic E-state index is -0.375. The molecule has 1 aliphatic heterocycles. The number of ether oxygens (including phenoxy) is 2. The van der Waals surface area contributed by atoms with E-state index in [1.165, 1.54) is 0 Å². The molecule has 1 heterocycles. The van der Waals surface area contributed by atoms with Gasteiger partial charge in [0.15, 0.2) is 0 Å². The first kappa shape index (κ1) is 13.5. The third kappa shape index (κ3) is 2.97. The van der Waals surface area contributed by atoms with Gasteiger partial charge in [0.2, 0.25) is 0 Å². The second-order valence-electron chi connectivity index (χ2n) is 5.28. The van der Waals surface area contributed by atoms with Crippen molar-refractivity contribution in [3.05, 3.63) is 0 Å². The minimum Gasteiger partial charge on any atom is -0.458 e. The highest BCUT2D eigenvalue weighted by Crippen LogP contribution is 2.32. The maximum Gasteiger partial charge on any atom is 0.312 e. The van der Waals surface area contributed by atoms with Crippen LogP contribution in [0.1, 0.15) is 53.4 Å². The van der Waals surface area contributed by atoms with E-state index in [0.717, 1.165) is 25.7 Å². The third-order valence-corrected chi connectivity index (χ3v) is 3.79. The molecule has 3 nitrogen and oxygen atoms in total. The summed E-state index contributed by atoms with van der Waals surface area (Å²) in [7, 11) is 0. The van der Waals surface area contributed by atoms with Crippen molar-refractivity contribution in [1.29, 1.82) is 0 Å². The van der Waals surface area contributed by atoms with Gasteiger partial charge in [-0.05, 0) is 26.7 Å². The molecule has 0 N–H and O–H groups in total. The molecule has 0 aromatic carbocycles. The molecule has 94 valence electrons. The van der Waals surface area contributed by atoms with Crippen LogP contribution < -0.4 is 0 Å². The topological polar surface area (TPSA) is 35.5 Å². The van der Waals surface area contributed by atoms with Crippen molar-refractivity contribution in [2.24, 2.45) is 5.41 Å². The molecule has 1 rings (SSSR count). The van der Waals surface area contributed by atoms with Gasteiger partial charge in [0.05, 0.1) is 18.6 Å². The van der Waals surface area contributed by atoms with Crippen LogP contribution in [0.2, 0.25) is 0 Å². The molecule has 0 amide bonds. The molecule has 0 unspecified atom stereocenters. The summed E-state index contributed by atoms with van der Waals surface area (Å²) < 4.78 is 11.1. The van der Waals surface area contributed by atoms with Gasteiger partial charge in [-0.2, -0.15) is 0 Å². The molecule has 0 atom stereocenters. The zero-order chi connectivity index (χ0) is 12.2. The fourth-order valence-corrected chi connectivity index (χ4v) is 1.75. The lowest BCUT2D eigenvalue weighted by Gasteiger charge is -2.38. The molecule has 0 radical (unpaired) electrons. The van der Waals surface area contributed by atoms with Crippen molar-refractivity contribution >= 4 is 5.97 Å². The van der Waals surface area contributed by atoms with Crippen LogP contribution in [0.25, 0.3) is 0 Å². The van der Waals surface area contributed by atoms with Crippen molar-refractivity contribution in [1.82, 2.24) is 0 Å². The maximum absolute atomic E-state index is 12.1. The Morgan fingerprint density at radius 3 is 2.31 bits per heavy atom. The summed E-state index contributed by atoms with van der Waals surface area (Å²) in [4.78, 5) is 12.1. The largest absolute Gasteiger partial charge is 0.458 e. The second-order valence-corrected chi connectivity index (χ2v) is 5.28. The van der Waals surface area contributed by atoms with Gasteiger partial charge < -0.3 is 9.47 Å². The van der Waals surface area contributed by atoms with E-state index in [1.807, 2.05) is 20.8 Å². The Kier molecular flexibility index (Phi) is 4.36. The quantitative estimate of drug-likeness (QED) is 0.694. The van der Waals surface area contributed by atoms with Crippen LogP contribution >= 0.6 is 0 Å². The molecular weight excluding hydrogens is 204 g/mol. The first-order valence-electron chi connectivity index (χ1n) is 6.27. The summed E-state index contributed by atoms with van der Waals surface area (Å²) in [6.45, 7) is 9.39. The molecule has 0 aromatic rings. The highest BCUT2D eigenvalue weighted by molar-refractivity contribution is 5.76. The van der Waals surface area contributed by atoms with Crippen LogP contribution in [0.5, 0.6) is 0 Å². The van der Waals surface area contributed by atoms with Crippen molar-refractivity contribution in [3.63, 3.8) is 0 Å². The van der Waals surface area contributed by atoms with Crippen molar-refractivity contribution in [2.75, 3.05) is 13.2 Å². The zero-order valence-electron chi connectivity index (χ0n) is 11.0. The Hall–Kier alpha value is -0.570. The van der Waals surface area contributed by atoms with Gasteiger partial charge in [0, 0.05) is 12.8 Å². The van der Waals surface area contributed by atoms with E-state index in [-0.39, 0.29) is 17.0 Å². The van der Waals surface area contributed by atoms with Gasteiger partial charge in [-0.25, -0.2) is 0 Å². The van der Waals surface area contributed by atoms with Crippen LogP contribution in [0.3, 0.4) is 0 Å². The van der Waals surface area contributed by atoms with E-state index >= 15 is 0 Å². The summed E-state index contributed by atoms with van der Waals surface area (Å²) in [6.07, 6.45) is 3.34. The number of hydrogen-bond donors (Lipinski definition) is 0. The van der Waals surface area contributed by atoms with Gasteiger partial charge in [0.1, 0.15) is 5.60 Å². The lowest BCUT2D eigenvalue weighted by Crippen LogP contribution is -2.43. The van der Waals surface area contributed by atoms with E-state index < -0.39 is 0 Å². The Bertz CT molecular complexity index is 240. The summed E-state index contributed by atoms with van der Waals surface area (Å²) in [6, 6.07) is 0. The second kappa shape index (κ2) is 5.17. The lowest BCUT2D eigenvalue weighted by molar-refractivity contribution is -0.180. The van der Waals surface area contributed by atoms with Gasteiger partial charge in [-0.3, -0.25) is 4.79 Å². The number of hydrogen-bond acceptors (Lipinski definition) is 3. The van der Waals surface area contributed by atoms with Crippen LogP contribution in [0, 0.1) is 5.41 Å². The SMILES string of the molecule is CCC1(OC(=O)C(C)(C)CC)CCOCC1. The molecule has 1 aliphatic rings. The predicted molar refractivity (Wildman–Crippen MR) is 63.2 cm³/mol. The highest BCUT2D eigenvalue weighted by atomic mass is 16.6. The Morgan fingerprint density at radius 1 is 1.31 bits per heavy atom. The van der Waals surface area contributed by atoms with Crippen molar-refractivity contribution in [2.45, 2.75) is 59.0 Å². The number of esters is 1. The van der Waals surface area contributed by atoms with Crippen LogP contribution in [0.15, 0.2) is 0 Å². The van der Waals surface area contributed by atoms with Crippen LogP contribution in [-0.4, -0.2) is 24.8 Å². The van der Waals surface area contributed by atoms with Gasteiger partial charge in [-0.1, -0.05) is 13.8 Å². The highest BCUT2D eigenvalue weighted by Gasteiger charge is 2.38. The maximum atomic E-state index is 12.1. The average molecular weight is 228 g/mol. The van der Waals surface area contributed by atoms with E-state index in [1.54, 1.807) is 0 Å². The van der Waals surface area contributed by atoms with Gasteiger partial charge in [-0.15, -0.1) is 0 Å². The standard InChI is InChI=1S/C13H24O3/c1-5-12(3,4)11(14)16-13(6-2)7-9-15-10-8-13/h5-10H2,1-4H3. The molecule has 0 bridgehead atoms. The molecule has 0 spiro atoms. The Labute approximate surface area is 98.5 Å². The Morgan fingerprint density at radius 2 is 1.88 bits per heavy atom.